The number of aromatic nitrogens is 1. The summed E-state index contributed by atoms with van der Waals surface area (Å²) in [5, 5.41) is 13.4. The molecular formula is C17H15NO2. The van der Waals surface area contributed by atoms with Crippen molar-refractivity contribution in [3.63, 3.8) is 0 Å². The smallest absolute Gasteiger partial charge is 0.224 e. The molecule has 0 fully saturated rings. The topological polar surface area (TPSA) is 36.2 Å². The van der Waals surface area contributed by atoms with Crippen LogP contribution in [0.4, 0.5) is 0 Å². The van der Waals surface area contributed by atoms with Crippen molar-refractivity contribution in [2.45, 2.75) is 6.92 Å². The van der Waals surface area contributed by atoms with Crippen LogP contribution >= 0.6 is 0 Å². The van der Waals surface area contributed by atoms with Gasteiger partial charge in [0.15, 0.2) is 0 Å². The molecule has 3 heteroatoms. The Morgan fingerprint density at radius 3 is 2.40 bits per heavy atom. The monoisotopic (exact) mass is 265 g/mol. The number of rotatable bonds is 2. The van der Waals surface area contributed by atoms with E-state index in [0.717, 1.165) is 27.0 Å². The van der Waals surface area contributed by atoms with Crippen molar-refractivity contribution in [2.75, 3.05) is 7.11 Å². The Morgan fingerprint density at radius 1 is 0.950 bits per heavy atom. The van der Waals surface area contributed by atoms with E-state index >= 15 is 0 Å². The van der Waals surface area contributed by atoms with Gasteiger partial charge in [-0.15, -0.1) is 0 Å². The van der Waals surface area contributed by atoms with E-state index in [1.165, 1.54) is 0 Å². The van der Waals surface area contributed by atoms with Crippen molar-refractivity contribution in [1.29, 1.82) is 0 Å². The minimum Gasteiger partial charge on any atom is -0.618 e. The Bertz CT molecular complexity index is 764. The van der Waals surface area contributed by atoms with E-state index < -0.39 is 0 Å². The number of hydrogen-bond donors (Lipinski definition) is 0. The van der Waals surface area contributed by atoms with E-state index in [1.807, 2.05) is 61.5 Å². The Balaban J connectivity index is 2.16. The summed E-state index contributed by atoms with van der Waals surface area (Å²) in [6.07, 6.45) is 0. The summed E-state index contributed by atoms with van der Waals surface area (Å²) < 4.78 is 6.12. The van der Waals surface area contributed by atoms with Gasteiger partial charge in [0.1, 0.15) is 5.75 Å². The molecule has 0 unspecified atom stereocenters. The molecule has 2 aromatic carbocycles. The zero-order chi connectivity index (χ0) is 14.1. The molecule has 0 saturated heterocycles. The predicted molar refractivity (Wildman–Crippen MR) is 79.6 cm³/mol. The van der Waals surface area contributed by atoms with Crippen LogP contribution in [0.25, 0.3) is 22.2 Å². The molecule has 0 atom stereocenters. The summed E-state index contributed by atoms with van der Waals surface area (Å²) in [5.74, 6) is 0.780. The lowest BCUT2D eigenvalue weighted by atomic mass is 10.1. The largest absolute Gasteiger partial charge is 0.618 e. The molecule has 0 aliphatic heterocycles. The quantitative estimate of drug-likeness (QED) is 0.525. The lowest BCUT2D eigenvalue weighted by Crippen LogP contribution is -2.30. The zero-order valence-corrected chi connectivity index (χ0v) is 11.5. The van der Waals surface area contributed by atoms with Gasteiger partial charge in [-0.1, -0.05) is 11.6 Å². The van der Waals surface area contributed by atoms with Gasteiger partial charge in [0.05, 0.1) is 7.11 Å². The Kier molecular flexibility index (Phi) is 3.03. The highest BCUT2D eigenvalue weighted by Gasteiger charge is 2.12. The lowest BCUT2D eigenvalue weighted by molar-refractivity contribution is -0.565. The number of fused-ring (bicyclic) bond motifs is 1. The standard InChI is InChI=1S/C17H15NO2/c1-12-3-9-17-14(11-12)6-10-16(18(17)19)13-4-7-15(20-2)8-5-13/h3-11H,1-2H3. The number of nitrogens with zero attached hydrogens (tertiary/aromatic N) is 1. The summed E-state index contributed by atoms with van der Waals surface area (Å²) in [6, 6.07) is 17.2. The number of hydrogen-bond acceptors (Lipinski definition) is 2. The first-order valence-electron chi connectivity index (χ1n) is 6.46. The first-order valence-corrected chi connectivity index (χ1v) is 6.46. The molecule has 0 N–H and O–H groups in total. The van der Waals surface area contributed by atoms with Gasteiger partial charge < -0.3 is 9.94 Å². The predicted octanol–water partition coefficient (Wildman–Crippen LogP) is 3.46. The van der Waals surface area contributed by atoms with Crippen LogP contribution in [-0.2, 0) is 0 Å². The van der Waals surface area contributed by atoms with Crippen LogP contribution in [0.2, 0.25) is 0 Å². The third kappa shape index (κ3) is 2.07. The second-order valence-electron chi connectivity index (χ2n) is 4.80. The maximum atomic E-state index is 12.5. The molecule has 20 heavy (non-hydrogen) atoms. The highest BCUT2D eigenvalue weighted by Crippen LogP contribution is 2.22. The van der Waals surface area contributed by atoms with Gasteiger partial charge in [0.2, 0.25) is 11.2 Å². The van der Waals surface area contributed by atoms with Crippen LogP contribution in [0.5, 0.6) is 5.75 Å². The maximum absolute atomic E-state index is 12.5. The van der Waals surface area contributed by atoms with Gasteiger partial charge in [-0.25, -0.2) is 0 Å². The van der Waals surface area contributed by atoms with Gasteiger partial charge >= 0.3 is 0 Å². The molecule has 0 amide bonds. The van der Waals surface area contributed by atoms with E-state index in [-0.39, 0.29) is 0 Å². The summed E-state index contributed by atoms with van der Waals surface area (Å²) in [7, 11) is 1.63. The molecule has 0 aliphatic rings. The average molecular weight is 265 g/mol. The fourth-order valence-corrected chi connectivity index (χ4v) is 2.33. The number of methoxy groups -OCH3 is 1. The van der Waals surface area contributed by atoms with Crippen LogP contribution in [0.3, 0.4) is 0 Å². The second kappa shape index (κ2) is 4.85. The first kappa shape index (κ1) is 12.5. The van der Waals surface area contributed by atoms with Crippen LogP contribution in [-0.4, -0.2) is 7.11 Å². The molecule has 0 spiro atoms. The van der Waals surface area contributed by atoms with E-state index in [4.69, 9.17) is 4.74 Å². The first-order chi connectivity index (χ1) is 9.69. The molecular weight excluding hydrogens is 250 g/mol. The highest BCUT2D eigenvalue weighted by atomic mass is 16.5. The van der Waals surface area contributed by atoms with Crippen molar-refractivity contribution < 1.29 is 9.47 Å². The van der Waals surface area contributed by atoms with Gasteiger partial charge in [0, 0.05) is 23.1 Å². The van der Waals surface area contributed by atoms with Crippen molar-refractivity contribution in [1.82, 2.24) is 0 Å². The molecule has 1 aromatic heterocycles. The SMILES string of the molecule is COc1ccc(-c2ccc3cc(C)ccc3[n+]2[O-])cc1. The van der Waals surface area contributed by atoms with Crippen LogP contribution < -0.4 is 9.47 Å². The van der Waals surface area contributed by atoms with Gasteiger partial charge in [0.25, 0.3) is 0 Å². The molecule has 3 rings (SSSR count). The summed E-state index contributed by atoms with van der Waals surface area (Å²) in [5.41, 5.74) is 3.35. The van der Waals surface area contributed by atoms with Crippen LogP contribution in [0, 0.1) is 12.1 Å². The average Bonchev–Trinajstić information content (AvgIpc) is 2.48. The fraction of sp³-hybridized carbons (Fsp3) is 0.118. The number of pyridine rings is 1. The van der Waals surface area contributed by atoms with Gasteiger partial charge in [-0.3, -0.25) is 0 Å². The third-order valence-corrected chi connectivity index (χ3v) is 3.43. The van der Waals surface area contributed by atoms with Crippen molar-refractivity contribution in [3.8, 4) is 17.0 Å². The van der Waals surface area contributed by atoms with Crippen molar-refractivity contribution in [3.05, 3.63) is 65.4 Å². The summed E-state index contributed by atoms with van der Waals surface area (Å²) >= 11 is 0. The molecule has 1 heterocycles. The van der Waals surface area contributed by atoms with E-state index in [9.17, 15) is 5.21 Å². The molecule has 3 nitrogen and oxygen atoms in total. The molecule has 3 aromatic rings. The lowest BCUT2D eigenvalue weighted by Gasteiger charge is -2.08. The summed E-state index contributed by atoms with van der Waals surface area (Å²) in [6.45, 7) is 2.02. The third-order valence-electron chi connectivity index (χ3n) is 3.43. The molecule has 0 saturated carbocycles. The highest BCUT2D eigenvalue weighted by molar-refractivity contribution is 5.78. The number of aryl methyl sites for hydroxylation is 1. The molecule has 0 bridgehead atoms. The summed E-state index contributed by atoms with van der Waals surface area (Å²) in [4.78, 5) is 0. The minimum absolute atomic E-state index is 0.643. The van der Waals surface area contributed by atoms with Crippen molar-refractivity contribution >= 4 is 10.9 Å². The number of ether oxygens (including phenoxy) is 1. The maximum Gasteiger partial charge on any atom is 0.224 e. The number of benzene rings is 2. The fourth-order valence-electron chi connectivity index (χ4n) is 2.33. The van der Waals surface area contributed by atoms with Crippen LogP contribution in [0.1, 0.15) is 5.56 Å². The van der Waals surface area contributed by atoms with Crippen molar-refractivity contribution in [2.24, 2.45) is 0 Å². The normalized spacial score (nSPS) is 10.7. The Labute approximate surface area is 117 Å². The Morgan fingerprint density at radius 2 is 1.70 bits per heavy atom. The minimum atomic E-state index is 0.643. The van der Waals surface area contributed by atoms with Gasteiger partial charge in [-0.05, 0) is 43.3 Å². The van der Waals surface area contributed by atoms with E-state index in [1.54, 1.807) is 7.11 Å². The zero-order valence-electron chi connectivity index (χ0n) is 11.5. The molecule has 100 valence electrons. The van der Waals surface area contributed by atoms with E-state index in [0.29, 0.717) is 11.2 Å². The Hall–Kier alpha value is -2.55. The van der Waals surface area contributed by atoms with E-state index in [2.05, 4.69) is 0 Å². The second-order valence-corrected chi connectivity index (χ2v) is 4.80. The van der Waals surface area contributed by atoms with Crippen LogP contribution in [0.15, 0.2) is 54.6 Å². The molecule has 0 radical (unpaired) electrons. The molecule has 0 aliphatic carbocycles. The van der Waals surface area contributed by atoms with Gasteiger partial charge in [-0.2, -0.15) is 4.73 Å².